The number of fused-ring (bicyclic) bond motifs is 3. The van der Waals surface area contributed by atoms with E-state index < -0.39 is 0 Å². The van der Waals surface area contributed by atoms with Crippen molar-refractivity contribution in [1.29, 1.82) is 0 Å². The van der Waals surface area contributed by atoms with Crippen LogP contribution in [-0.2, 0) is 11.2 Å². The van der Waals surface area contributed by atoms with Crippen LogP contribution in [0.1, 0.15) is 83.3 Å². The first-order chi connectivity index (χ1) is 11.3. The number of carbonyl (C=O) groups excluding carboxylic acids is 1. The van der Waals surface area contributed by atoms with Gasteiger partial charge in [-0.15, -0.1) is 0 Å². The molecule has 1 aromatic carbocycles. The average molecular weight is 330 g/mol. The molecule has 1 N–H and O–H groups in total. The molecule has 3 nitrogen and oxygen atoms in total. The van der Waals surface area contributed by atoms with E-state index in [4.69, 9.17) is 4.74 Å². The summed E-state index contributed by atoms with van der Waals surface area (Å²) in [6.07, 6.45) is 6.41. The molecule has 1 aromatic rings. The van der Waals surface area contributed by atoms with E-state index in [-0.39, 0.29) is 16.9 Å². The fourth-order valence-corrected chi connectivity index (χ4v) is 4.49. The van der Waals surface area contributed by atoms with Crippen molar-refractivity contribution in [3.63, 3.8) is 0 Å². The molecule has 1 aliphatic carbocycles. The summed E-state index contributed by atoms with van der Waals surface area (Å²) in [4.78, 5) is 12.1. The maximum absolute atomic E-state index is 12.1. The topological polar surface area (TPSA) is 46.5 Å². The molecule has 1 aliphatic heterocycles. The third kappa shape index (κ3) is 2.72. The number of rotatable bonds is 4. The highest BCUT2D eigenvalue weighted by atomic mass is 16.5. The van der Waals surface area contributed by atoms with Gasteiger partial charge in [-0.2, -0.15) is 0 Å². The van der Waals surface area contributed by atoms with Crippen molar-refractivity contribution in [1.82, 2.24) is 0 Å². The molecule has 0 aromatic heterocycles. The molecule has 0 radical (unpaired) electrons. The molecule has 3 heteroatoms. The Balaban J connectivity index is 2.02. The zero-order chi connectivity index (χ0) is 17.5. The van der Waals surface area contributed by atoms with Gasteiger partial charge < -0.3 is 9.84 Å². The lowest BCUT2D eigenvalue weighted by Gasteiger charge is -2.55. The van der Waals surface area contributed by atoms with Gasteiger partial charge in [0.2, 0.25) is 0 Å². The summed E-state index contributed by atoms with van der Waals surface area (Å²) in [7, 11) is 0. The number of aromatic hydroxyl groups is 1. The van der Waals surface area contributed by atoms with Gasteiger partial charge in [0.25, 0.3) is 0 Å². The second-order valence-corrected chi connectivity index (χ2v) is 8.31. The van der Waals surface area contributed by atoms with Crippen molar-refractivity contribution in [3.05, 3.63) is 23.3 Å². The molecule has 0 saturated heterocycles. The van der Waals surface area contributed by atoms with Crippen LogP contribution in [0.5, 0.6) is 11.5 Å². The molecule has 2 atom stereocenters. The lowest BCUT2D eigenvalue weighted by atomic mass is 9.56. The SMILES string of the molecule is CCCCCc1cc(O)c2c(c1)OC(C)(C)[C@]1(C)CCC(=O)CC21. The highest BCUT2D eigenvalue weighted by Gasteiger charge is 2.56. The first kappa shape index (κ1) is 17.3. The van der Waals surface area contributed by atoms with Crippen LogP contribution in [0.25, 0.3) is 0 Å². The van der Waals surface area contributed by atoms with Crippen LogP contribution < -0.4 is 4.74 Å². The van der Waals surface area contributed by atoms with E-state index in [9.17, 15) is 9.90 Å². The molecule has 1 heterocycles. The average Bonchev–Trinajstić information content (AvgIpc) is 2.49. The second kappa shape index (κ2) is 6.09. The third-order valence-electron chi connectivity index (χ3n) is 6.46. The van der Waals surface area contributed by atoms with E-state index in [0.29, 0.717) is 24.4 Å². The Bertz CT molecular complexity index is 647. The van der Waals surface area contributed by atoms with Gasteiger partial charge in [0.05, 0.1) is 0 Å². The Kier molecular flexibility index (Phi) is 4.39. The molecular formula is C21H30O3. The molecule has 2 aliphatic rings. The number of Topliss-reactive ketones (excluding diaryl/α,β-unsaturated/α-hetero) is 1. The number of ether oxygens (including phenoxy) is 1. The minimum Gasteiger partial charge on any atom is -0.508 e. The molecule has 1 unspecified atom stereocenters. The number of unbranched alkanes of at least 4 members (excludes halogenated alkanes) is 2. The smallest absolute Gasteiger partial charge is 0.133 e. The maximum atomic E-state index is 12.1. The zero-order valence-electron chi connectivity index (χ0n) is 15.4. The van der Waals surface area contributed by atoms with Gasteiger partial charge in [-0.1, -0.05) is 26.7 Å². The van der Waals surface area contributed by atoms with Crippen molar-refractivity contribution in [2.24, 2.45) is 5.41 Å². The number of hydrogen-bond donors (Lipinski definition) is 1. The van der Waals surface area contributed by atoms with E-state index in [1.807, 2.05) is 6.07 Å². The molecule has 0 bridgehead atoms. The minimum atomic E-state index is -0.347. The summed E-state index contributed by atoms with van der Waals surface area (Å²) in [5.41, 5.74) is 1.50. The van der Waals surface area contributed by atoms with Gasteiger partial charge in [-0.25, -0.2) is 0 Å². The van der Waals surface area contributed by atoms with Crippen molar-refractivity contribution in [2.45, 2.75) is 84.2 Å². The van der Waals surface area contributed by atoms with Crippen LogP contribution in [0, 0.1) is 5.41 Å². The monoisotopic (exact) mass is 330 g/mol. The minimum absolute atomic E-state index is 0.0437. The van der Waals surface area contributed by atoms with Gasteiger partial charge in [0.1, 0.15) is 22.9 Å². The van der Waals surface area contributed by atoms with Gasteiger partial charge in [-0.3, -0.25) is 4.79 Å². The van der Waals surface area contributed by atoms with Crippen LogP contribution in [0.2, 0.25) is 0 Å². The van der Waals surface area contributed by atoms with E-state index in [1.165, 1.54) is 12.8 Å². The summed E-state index contributed by atoms with van der Waals surface area (Å²) >= 11 is 0. The van der Waals surface area contributed by atoms with Gasteiger partial charge in [-0.05, 0) is 50.8 Å². The van der Waals surface area contributed by atoms with Crippen LogP contribution >= 0.6 is 0 Å². The number of aryl methyl sites for hydroxylation is 1. The van der Waals surface area contributed by atoms with E-state index >= 15 is 0 Å². The molecular weight excluding hydrogens is 300 g/mol. The summed E-state index contributed by atoms with van der Waals surface area (Å²) in [5, 5.41) is 10.7. The fraction of sp³-hybridized carbons (Fsp3) is 0.667. The number of carbonyl (C=O) groups is 1. The van der Waals surface area contributed by atoms with E-state index in [0.717, 1.165) is 36.1 Å². The highest BCUT2D eigenvalue weighted by Crippen LogP contribution is 2.60. The number of phenolic OH excluding ortho intramolecular Hbond substituents is 1. The number of phenols is 1. The van der Waals surface area contributed by atoms with Crippen molar-refractivity contribution < 1.29 is 14.6 Å². The molecule has 1 fully saturated rings. The molecule has 0 amide bonds. The summed E-state index contributed by atoms with van der Waals surface area (Å²) < 4.78 is 6.38. The highest BCUT2D eigenvalue weighted by molar-refractivity contribution is 5.81. The molecule has 132 valence electrons. The third-order valence-corrected chi connectivity index (χ3v) is 6.46. The van der Waals surface area contributed by atoms with Crippen molar-refractivity contribution >= 4 is 5.78 Å². The van der Waals surface area contributed by atoms with Crippen LogP contribution in [0.3, 0.4) is 0 Å². The van der Waals surface area contributed by atoms with Crippen LogP contribution in [0.4, 0.5) is 0 Å². The van der Waals surface area contributed by atoms with Gasteiger partial charge in [0, 0.05) is 29.7 Å². The largest absolute Gasteiger partial charge is 0.508 e. The van der Waals surface area contributed by atoms with Crippen molar-refractivity contribution in [2.75, 3.05) is 0 Å². The predicted molar refractivity (Wildman–Crippen MR) is 95.7 cm³/mol. The van der Waals surface area contributed by atoms with Crippen molar-refractivity contribution in [3.8, 4) is 11.5 Å². The lowest BCUT2D eigenvalue weighted by molar-refractivity contribution is -0.131. The van der Waals surface area contributed by atoms with E-state index in [1.54, 1.807) is 0 Å². The summed E-state index contributed by atoms with van der Waals surface area (Å²) in [5.74, 6) is 1.43. The Labute approximate surface area is 145 Å². The standard InChI is InChI=1S/C21H30O3/c1-5-6-7-8-14-11-17(23)19-16-13-15(22)9-10-21(16,4)20(2,3)24-18(19)12-14/h11-12,16,23H,5-10,13H2,1-4H3/t16?,21-/m1/s1. The second-order valence-electron chi connectivity index (χ2n) is 8.31. The first-order valence-electron chi connectivity index (χ1n) is 9.35. The Morgan fingerprint density at radius 2 is 2.00 bits per heavy atom. The lowest BCUT2D eigenvalue weighted by Crippen LogP contribution is -2.54. The van der Waals surface area contributed by atoms with Crippen LogP contribution in [0.15, 0.2) is 12.1 Å². The quantitative estimate of drug-likeness (QED) is 0.778. The fourth-order valence-electron chi connectivity index (χ4n) is 4.49. The number of ketones is 1. The number of benzene rings is 1. The predicted octanol–water partition coefficient (Wildman–Crippen LogP) is 5.14. The summed E-state index contributed by atoms with van der Waals surface area (Å²) in [6, 6.07) is 3.97. The molecule has 0 spiro atoms. The van der Waals surface area contributed by atoms with E-state index in [2.05, 4.69) is 33.8 Å². The maximum Gasteiger partial charge on any atom is 0.133 e. The normalized spacial score (nSPS) is 28.0. The Morgan fingerprint density at radius 3 is 2.71 bits per heavy atom. The molecule has 24 heavy (non-hydrogen) atoms. The Hall–Kier alpha value is -1.51. The van der Waals surface area contributed by atoms with Gasteiger partial charge >= 0.3 is 0 Å². The van der Waals surface area contributed by atoms with Gasteiger partial charge in [0.15, 0.2) is 0 Å². The summed E-state index contributed by atoms with van der Waals surface area (Å²) in [6.45, 7) is 8.65. The molecule has 3 rings (SSSR count). The Morgan fingerprint density at radius 1 is 1.25 bits per heavy atom. The van der Waals surface area contributed by atoms with Crippen LogP contribution in [-0.4, -0.2) is 16.5 Å². The number of hydrogen-bond acceptors (Lipinski definition) is 3. The molecule has 1 saturated carbocycles. The first-order valence-corrected chi connectivity index (χ1v) is 9.35. The zero-order valence-corrected chi connectivity index (χ0v) is 15.4.